The van der Waals surface area contributed by atoms with Crippen molar-refractivity contribution >= 4 is 17.3 Å². The third kappa shape index (κ3) is 4.21. The van der Waals surface area contributed by atoms with Crippen LogP contribution < -0.4 is 10.1 Å². The average Bonchev–Trinajstić information content (AvgIpc) is 2.53. The molecule has 0 saturated carbocycles. The van der Waals surface area contributed by atoms with E-state index in [4.69, 9.17) is 16.3 Å². The number of nitrogens with one attached hydrogen (secondary N) is 1. The van der Waals surface area contributed by atoms with Gasteiger partial charge in [0.25, 0.3) is 5.69 Å². The van der Waals surface area contributed by atoms with Crippen LogP contribution >= 0.6 is 11.6 Å². The zero-order valence-electron chi connectivity index (χ0n) is 13.3. The van der Waals surface area contributed by atoms with E-state index >= 15 is 0 Å². The Morgan fingerprint density at radius 2 is 2.04 bits per heavy atom. The van der Waals surface area contributed by atoms with Crippen LogP contribution in [0.4, 0.5) is 5.69 Å². The van der Waals surface area contributed by atoms with Gasteiger partial charge in [-0.05, 0) is 31.5 Å². The Labute approximate surface area is 140 Å². The predicted molar refractivity (Wildman–Crippen MR) is 91.1 cm³/mol. The topological polar surface area (TPSA) is 64.4 Å². The van der Waals surface area contributed by atoms with E-state index in [-0.39, 0.29) is 16.8 Å². The van der Waals surface area contributed by atoms with Gasteiger partial charge in [0.2, 0.25) is 0 Å². The molecule has 0 heterocycles. The summed E-state index contributed by atoms with van der Waals surface area (Å²) < 4.78 is 5.39. The van der Waals surface area contributed by atoms with Crippen LogP contribution in [0.25, 0.3) is 0 Å². The predicted octanol–water partition coefficient (Wildman–Crippen LogP) is 4.42. The van der Waals surface area contributed by atoms with Gasteiger partial charge in [-0.25, -0.2) is 0 Å². The average molecular weight is 335 g/mol. The Morgan fingerprint density at radius 3 is 2.70 bits per heavy atom. The molecule has 1 unspecified atom stereocenters. The second-order valence-corrected chi connectivity index (χ2v) is 5.80. The van der Waals surface area contributed by atoms with Crippen molar-refractivity contribution in [2.75, 3.05) is 7.11 Å². The number of ether oxygens (including phenoxy) is 1. The number of nitro benzene ring substituents is 1. The number of hydrogen-bond donors (Lipinski definition) is 1. The maximum atomic E-state index is 10.9. The molecule has 0 spiro atoms. The van der Waals surface area contributed by atoms with Gasteiger partial charge in [-0.1, -0.05) is 35.4 Å². The first kappa shape index (κ1) is 17.2. The van der Waals surface area contributed by atoms with Gasteiger partial charge in [-0.2, -0.15) is 0 Å². The smallest absolute Gasteiger partial charge is 0.288 e. The van der Waals surface area contributed by atoms with E-state index in [0.717, 1.165) is 22.4 Å². The summed E-state index contributed by atoms with van der Waals surface area (Å²) in [6.07, 6.45) is 0. The van der Waals surface area contributed by atoms with Crippen LogP contribution in [-0.4, -0.2) is 12.0 Å². The molecule has 0 aliphatic carbocycles. The standard InChI is InChI=1S/C17H19ClN2O3/c1-11-4-7-17(23-3)14(8-11)12(2)19-10-13-5-6-15(18)16(9-13)20(21)22/h4-9,12,19H,10H2,1-3H3. The molecule has 0 aromatic heterocycles. The summed E-state index contributed by atoms with van der Waals surface area (Å²) in [7, 11) is 1.64. The van der Waals surface area contributed by atoms with Crippen molar-refractivity contribution in [2.24, 2.45) is 0 Å². The lowest BCUT2D eigenvalue weighted by atomic mass is 10.0. The number of rotatable bonds is 6. The molecule has 0 radical (unpaired) electrons. The van der Waals surface area contributed by atoms with Crippen LogP contribution in [0, 0.1) is 17.0 Å². The van der Waals surface area contributed by atoms with Gasteiger partial charge in [0.05, 0.1) is 12.0 Å². The molecule has 2 aromatic carbocycles. The maximum absolute atomic E-state index is 10.9. The summed E-state index contributed by atoms with van der Waals surface area (Å²) in [6, 6.07) is 10.9. The molecule has 5 nitrogen and oxygen atoms in total. The largest absolute Gasteiger partial charge is 0.496 e. The van der Waals surface area contributed by atoms with Gasteiger partial charge in [0.1, 0.15) is 10.8 Å². The van der Waals surface area contributed by atoms with Crippen molar-refractivity contribution in [3.05, 3.63) is 68.2 Å². The fourth-order valence-electron chi connectivity index (χ4n) is 2.38. The van der Waals surface area contributed by atoms with Gasteiger partial charge in [0, 0.05) is 24.2 Å². The van der Waals surface area contributed by atoms with Crippen molar-refractivity contribution in [3.8, 4) is 5.75 Å². The molecular formula is C17H19ClN2O3. The summed E-state index contributed by atoms with van der Waals surface area (Å²) >= 11 is 5.83. The summed E-state index contributed by atoms with van der Waals surface area (Å²) in [5.74, 6) is 0.817. The van der Waals surface area contributed by atoms with Crippen molar-refractivity contribution in [1.29, 1.82) is 0 Å². The first-order chi connectivity index (χ1) is 10.9. The lowest BCUT2D eigenvalue weighted by Crippen LogP contribution is -2.19. The van der Waals surface area contributed by atoms with Crippen molar-refractivity contribution in [3.63, 3.8) is 0 Å². The van der Waals surface area contributed by atoms with E-state index in [9.17, 15) is 10.1 Å². The fourth-order valence-corrected chi connectivity index (χ4v) is 2.57. The third-order valence-corrected chi connectivity index (χ3v) is 3.99. The van der Waals surface area contributed by atoms with E-state index < -0.39 is 4.92 Å². The number of nitro groups is 1. The Hall–Kier alpha value is -2.11. The minimum atomic E-state index is -0.473. The normalized spacial score (nSPS) is 12.0. The molecule has 1 N–H and O–H groups in total. The number of hydrogen-bond acceptors (Lipinski definition) is 4. The first-order valence-electron chi connectivity index (χ1n) is 7.23. The van der Waals surface area contributed by atoms with Crippen molar-refractivity contribution < 1.29 is 9.66 Å². The highest BCUT2D eigenvalue weighted by Crippen LogP contribution is 2.28. The Bertz CT molecular complexity index is 719. The van der Waals surface area contributed by atoms with Gasteiger partial charge >= 0.3 is 0 Å². The van der Waals surface area contributed by atoms with E-state index in [1.165, 1.54) is 6.07 Å². The minimum absolute atomic E-state index is 0.0413. The van der Waals surface area contributed by atoms with Crippen molar-refractivity contribution in [1.82, 2.24) is 5.32 Å². The molecule has 0 fully saturated rings. The fraction of sp³-hybridized carbons (Fsp3) is 0.294. The molecule has 122 valence electrons. The lowest BCUT2D eigenvalue weighted by Gasteiger charge is -2.18. The zero-order valence-corrected chi connectivity index (χ0v) is 14.1. The Morgan fingerprint density at radius 1 is 1.30 bits per heavy atom. The van der Waals surface area contributed by atoms with Crippen LogP contribution in [0.2, 0.25) is 5.02 Å². The van der Waals surface area contributed by atoms with Crippen LogP contribution in [0.15, 0.2) is 36.4 Å². The maximum Gasteiger partial charge on any atom is 0.288 e. The van der Waals surface area contributed by atoms with E-state index in [1.54, 1.807) is 19.2 Å². The molecule has 0 aliphatic rings. The summed E-state index contributed by atoms with van der Waals surface area (Å²) in [6.45, 7) is 4.55. The minimum Gasteiger partial charge on any atom is -0.496 e. The van der Waals surface area contributed by atoms with Gasteiger partial charge in [-0.15, -0.1) is 0 Å². The van der Waals surface area contributed by atoms with Crippen LogP contribution in [0.5, 0.6) is 5.75 Å². The summed E-state index contributed by atoms with van der Waals surface area (Å²) in [4.78, 5) is 10.5. The monoisotopic (exact) mass is 334 g/mol. The molecule has 6 heteroatoms. The molecule has 0 bridgehead atoms. The zero-order chi connectivity index (χ0) is 17.0. The SMILES string of the molecule is COc1ccc(C)cc1C(C)NCc1ccc(Cl)c([N+](=O)[O-])c1. The molecule has 0 aliphatic heterocycles. The third-order valence-electron chi connectivity index (χ3n) is 3.67. The number of benzene rings is 2. The Kier molecular flexibility index (Phi) is 5.58. The molecule has 2 rings (SSSR count). The van der Waals surface area contributed by atoms with Gasteiger partial charge < -0.3 is 10.1 Å². The van der Waals surface area contributed by atoms with E-state index in [2.05, 4.69) is 11.4 Å². The summed E-state index contributed by atoms with van der Waals surface area (Å²) in [5.41, 5.74) is 2.93. The van der Waals surface area contributed by atoms with Crippen molar-refractivity contribution in [2.45, 2.75) is 26.4 Å². The quantitative estimate of drug-likeness (QED) is 0.627. The van der Waals surface area contributed by atoms with Gasteiger partial charge in [0.15, 0.2) is 0 Å². The number of halogens is 1. The highest BCUT2D eigenvalue weighted by atomic mass is 35.5. The molecule has 0 saturated heterocycles. The molecule has 23 heavy (non-hydrogen) atoms. The second kappa shape index (κ2) is 7.44. The summed E-state index contributed by atoms with van der Waals surface area (Å²) in [5, 5.41) is 14.4. The number of methoxy groups -OCH3 is 1. The first-order valence-corrected chi connectivity index (χ1v) is 7.61. The van der Waals surface area contributed by atoms with E-state index in [1.807, 2.05) is 26.0 Å². The highest BCUT2D eigenvalue weighted by Gasteiger charge is 2.14. The highest BCUT2D eigenvalue weighted by molar-refractivity contribution is 6.32. The molecule has 0 amide bonds. The van der Waals surface area contributed by atoms with E-state index in [0.29, 0.717) is 6.54 Å². The van der Waals surface area contributed by atoms with Crippen LogP contribution in [-0.2, 0) is 6.54 Å². The molecule has 2 aromatic rings. The molecular weight excluding hydrogens is 316 g/mol. The van der Waals surface area contributed by atoms with Gasteiger partial charge in [-0.3, -0.25) is 10.1 Å². The number of nitrogens with zero attached hydrogens (tertiary/aromatic N) is 1. The Balaban J connectivity index is 2.13. The van der Waals surface area contributed by atoms with Crippen LogP contribution in [0.1, 0.15) is 29.7 Å². The van der Waals surface area contributed by atoms with Crippen LogP contribution in [0.3, 0.4) is 0 Å². The second-order valence-electron chi connectivity index (χ2n) is 5.39. The molecule has 1 atom stereocenters. The lowest BCUT2D eigenvalue weighted by molar-refractivity contribution is -0.384. The number of aryl methyl sites for hydroxylation is 1.